The van der Waals surface area contributed by atoms with Gasteiger partial charge in [-0.3, -0.25) is 9.80 Å². The average Bonchev–Trinajstić information content (AvgIpc) is 3.00. The van der Waals surface area contributed by atoms with Gasteiger partial charge in [0.15, 0.2) is 0 Å². The standard InChI is InChI=1S/C40H52N2/c1-33(2)27-39(41(29-35-17-9-5-10-18-35)30-36-19-11-6-12-20-36)25-26-40(28-34(3)4)42(31-37-21-13-7-14-22-37)32-38-23-15-8-16-24-38/h5-24,33-34,39-40H,25-32H2,1-4H3. The number of hydrogen-bond donors (Lipinski definition) is 0. The van der Waals surface area contributed by atoms with Crippen LogP contribution < -0.4 is 0 Å². The van der Waals surface area contributed by atoms with Gasteiger partial charge in [-0.25, -0.2) is 0 Å². The van der Waals surface area contributed by atoms with Crippen LogP contribution in [-0.4, -0.2) is 21.9 Å². The van der Waals surface area contributed by atoms with E-state index in [0.29, 0.717) is 23.9 Å². The van der Waals surface area contributed by atoms with Crippen molar-refractivity contribution in [2.75, 3.05) is 0 Å². The fraction of sp³-hybridized carbons (Fsp3) is 0.400. The maximum Gasteiger partial charge on any atom is 0.0240 e. The van der Waals surface area contributed by atoms with Crippen molar-refractivity contribution in [2.24, 2.45) is 11.8 Å². The third-order valence-electron chi connectivity index (χ3n) is 8.27. The lowest BCUT2D eigenvalue weighted by molar-refractivity contribution is 0.108. The van der Waals surface area contributed by atoms with E-state index in [1.54, 1.807) is 0 Å². The monoisotopic (exact) mass is 560 g/mol. The van der Waals surface area contributed by atoms with Gasteiger partial charge in [0.25, 0.3) is 0 Å². The summed E-state index contributed by atoms with van der Waals surface area (Å²) in [7, 11) is 0. The SMILES string of the molecule is CC(C)CC(CCC(CC(C)C)N(Cc1ccccc1)Cc1ccccc1)N(Cc1ccccc1)Cc1ccccc1. The molecule has 2 heteroatoms. The highest BCUT2D eigenvalue weighted by molar-refractivity contribution is 5.19. The zero-order valence-corrected chi connectivity index (χ0v) is 26.4. The molecule has 222 valence electrons. The van der Waals surface area contributed by atoms with Gasteiger partial charge >= 0.3 is 0 Å². The maximum absolute atomic E-state index is 2.76. The summed E-state index contributed by atoms with van der Waals surface area (Å²) in [5.74, 6) is 1.30. The van der Waals surface area contributed by atoms with Crippen molar-refractivity contribution in [2.45, 2.75) is 91.6 Å². The van der Waals surface area contributed by atoms with Gasteiger partial charge in [0.1, 0.15) is 0 Å². The van der Waals surface area contributed by atoms with Crippen molar-refractivity contribution in [3.63, 3.8) is 0 Å². The molecule has 0 aliphatic heterocycles. The van der Waals surface area contributed by atoms with Gasteiger partial charge in [-0.2, -0.15) is 0 Å². The molecule has 0 heterocycles. The van der Waals surface area contributed by atoms with Crippen LogP contribution in [0.1, 0.15) is 75.6 Å². The second-order valence-corrected chi connectivity index (χ2v) is 12.9. The van der Waals surface area contributed by atoms with Crippen molar-refractivity contribution in [3.8, 4) is 0 Å². The molecule has 2 unspecified atom stereocenters. The Bertz CT molecular complexity index is 1050. The van der Waals surface area contributed by atoms with Crippen LogP contribution in [-0.2, 0) is 26.2 Å². The summed E-state index contributed by atoms with van der Waals surface area (Å²) in [4.78, 5) is 5.52. The Labute approximate surface area is 256 Å². The Morgan fingerprint density at radius 2 is 0.619 bits per heavy atom. The van der Waals surface area contributed by atoms with Crippen LogP contribution in [0.2, 0.25) is 0 Å². The normalized spacial score (nSPS) is 13.2. The summed E-state index contributed by atoms with van der Waals surface area (Å²) in [5.41, 5.74) is 5.60. The zero-order chi connectivity index (χ0) is 29.6. The van der Waals surface area contributed by atoms with Crippen LogP contribution in [0.4, 0.5) is 0 Å². The molecule has 0 aliphatic rings. The van der Waals surface area contributed by atoms with E-state index >= 15 is 0 Å². The van der Waals surface area contributed by atoms with Crippen molar-refractivity contribution >= 4 is 0 Å². The van der Waals surface area contributed by atoms with Gasteiger partial charge < -0.3 is 0 Å². The topological polar surface area (TPSA) is 6.48 Å². The third-order valence-corrected chi connectivity index (χ3v) is 8.27. The Morgan fingerprint density at radius 3 is 0.833 bits per heavy atom. The predicted molar refractivity (Wildman–Crippen MR) is 180 cm³/mol. The molecule has 0 aliphatic carbocycles. The van der Waals surface area contributed by atoms with Gasteiger partial charge in [-0.1, -0.05) is 149 Å². The van der Waals surface area contributed by atoms with Crippen molar-refractivity contribution in [1.29, 1.82) is 0 Å². The molecule has 0 saturated carbocycles. The van der Waals surface area contributed by atoms with E-state index in [1.165, 1.54) is 47.9 Å². The van der Waals surface area contributed by atoms with Gasteiger partial charge in [0, 0.05) is 38.3 Å². The van der Waals surface area contributed by atoms with Crippen molar-refractivity contribution < 1.29 is 0 Å². The van der Waals surface area contributed by atoms with Crippen LogP contribution in [0.5, 0.6) is 0 Å². The first-order chi connectivity index (χ1) is 20.5. The molecule has 0 saturated heterocycles. The molecular formula is C40H52N2. The Balaban J connectivity index is 1.59. The predicted octanol–water partition coefficient (Wildman–Crippen LogP) is 10.0. The van der Waals surface area contributed by atoms with E-state index in [0.717, 1.165) is 26.2 Å². The molecule has 0 bridgehead atoms. The van der Waals surface area contributed by atoms with Crippen LogP contribution in [0, 0.1) is 11.8 Å². The minimum atomic E-state index is 0.523. The summed E-state index contributed by atoms with van der Waals surface area (Å²) in [6, 6.07) is 45.3. The van der Waals surface area contributed by atoms with E-state index in [2.05, 4.69) is 159 Å². The summed E-state index contributed by atoms with van der Waals surface area (Å²) >= 11 is 0. The smallest absolute Gasteiger partial charge is 0.0240 e. The van der Waals surface area contributed by atoms with Crippen molar-refractivity contribution in [3.05, 3.63) is 144 Å². The first-order valence-corrected chi connectivity index (χ1v) is 16.1. The molecule has 4 aromatic rings. The molecule has 4 aromatic carbocycles. The van der Waals surface area contributed by atoms with Gasteiger partial charge in [0.05, 0.1) is 0 Å². The summed E-state index contributed by atoms with van der Waals surface area (Å²) in [6.45, 7) is 13.5. The Morgan fingerprint density at radius 1 is 0.381 bits per heavy atom. The van der Waals surface area contributed by atoms with Crippen LogP contribution in [0.15, 0.2) is 121 Å². The highest BCUT2D eigenvalue weighted by atomic mass is 15.2. The number of benzene rings is 4. The van der Waals surface area contributed by atoms with Crippen molar-refractivity contribution in [1.82, 2.24) is 9.80 Å². The summed E-state index contributed by atoms with van der Waals surface area (Å²) in [5, 5.41) is 0. The first-order valence-electron chi connectivity index (χ1n) is 16.1. The van der Waals surface area contributed by atoms with Crippen LogP contribution >= 0.6 is 0 Å². The van der Waals surface area contributed by atoms with E-state index in [4.69, 9.17) is 0 Å². The second kappa shape index (κ2) is 17.0. The summed E-state index contributed by atoms with van der Waals surface area (Å²) < 4.78 is 0. The first kappa shape index (κ1) is 31.7. The van der Waals surface area contributed by atoms with Crippen LogP contribution in [0.3, 0.4) is 0 Å². The quantitative estimate of drug-likeness (QED) is 0.127. The number of nitrogens with zero attached hydrogens (tertiary/aromatic N) is 2. The van der Waals surface area contributed by atoms with E-state index in [-0.39, 0.29) is 0 Å². The minimum absolute atomic E-state index is 0.523. The lowest BCUT2D eigenvalue weighted by atomic mass is 9.91. The molecule has 0 N–H and O–H groups in total. The lowest BCUT2D eigenvalue weighted by Crippen LogP contribution is -2.39. The number of hydrogen-bond acceptors (Lipinski definition) is 2. The lowest BCUT2D eigenvalue weighted by Gasteiger charge is -2.37. The fourth-order valence-corrected chi connectivity index (χ4v) is 6.27. The average molecular weight is 561 g/mol. The Hall–Kier alpha value is -3.20. The molecule has 0 aromatic heterocycles. The van der Waals surface area contributed by atoms with E-state index in [9.17, 15) is 0 Å². The molecule has 4 rings (SSSR count). The van der Waals surface area contributed by atoms with Gasteiger partial charge in [0.2, 0.25) is 0 Å². The second-order valence-electron chi connectivity index (χ2n) is 12.9. The van der Waals surface area contributed by atoms with E-state index < -0.39 is 0 Å². The molecule has 0 spiro atoms. The third kappa shape index (κ3) is 10.9. The molecule has 2 nitrogen and oxygen atoms in total. The Kier molecular flexibility index (Phi) is 12.9. The highest BCUT2D eigenvalue weighted by Gasteiger charge is 2.26. The number of rotatable bonds is 17. The fourth-order valence-electron chi connectivity index (χ4n) is 6.27. The molecule has 0 radical (unpaired) electrons. The van der Waals surface area contributed by atoms with Crippen LogP contribution in [0.25, 0.3) is 0 Å². The molecule has 0 fully saturated rings. The maximum atomic E-state index is 2.76. The zero-order valence-electron chi connectivity index (χ0n) is 26.4. The van der Waals surface area contributed by atoms with E-state index in [1.807, 2.05) is 0 Å². The summed E-state index contributed by atoms with van der Waals surface area (Å²) in [6.07, 6.45) is 4.83. The minimum Gasteiger partial charge on any atom is -0.292 e. The largest absolute Gasteiger partial charge is 0.292 e. The molecule has 2 atom stereocenters. The van der Waals surface area contributed by atoms with Gasteiger partial charge in [-0.15, -0.1) is 0 Å². The molecule has 0 amide bonds. The molecule has 42 heavy (non-hydrogen) atoms. The van der Waals surface area contributed by atoms with Gasteiger partial charge in [-0.05, 0) is 59.8 Å². The molecular weight excluding hydrogens is 508 g/mol. The highest BCUT2D eigenvalue weighted by Crippen LogP contribution is 2.27.